The molecule has 1 amide bonds. The maximum Gasteiger partial charge on any atom is 0.332 e. The molecule has 1 aromatic carbocycles. The van der Waals surface area contributed by atoms with Crippen molar-refractivity contribution in [2.75, 3.05) is 11.9 Å². The molecule has 0 heterocycles. The molecule has 0 aliphatic carbocycles. The van der Waals surface area contributed by atoms with Crippen LogP contribution in [0.1, 0.15) is 12.5 Å². The Morgan fingerprint density at radius 1 is 1.50 bits per heavy atom. The Hall–Kier alpha value is -1.59. The first kappa shape index (κ1) is 14.5. The standard InChI is InChI=1S/C12H14ClNO4/c1-7-3-4-9(13)5-10(7)14-11(15)6-18-8(2)12(16)17/h3-5,8H,6H2,1-2H3,(H,14,15)(H,16,17)/t8-/m1/s1. The molecule has 1 atom stereocenters. The summed E-state index contributed by atoms with van der Waals surface area (Å²) in [5.41, 5.74) is 1.44. The van der Waals surface area contributed by atoms with Crippen LogP contribution in [0.15, 0.2) is 18.2 Å². The summed E-state index contributed by atoms with van der Waals surface area (Å²) < 4.78 is 4.86. The average Bonchev–Trinajstić information content (AvgIpc) is 2.30. The fourth-order valence-electron chi connectivity index (χ4n) is 1.19. The highest BCUT2D eigenvalue weighted by molar-refractivity contribution is 6.31. The van der Waals surface area contributed by atoms with Gasteiger partial charge in [0, 0.05) is 10.7 Å². The van der Waals surface area contributed by atoms with Crippen molar-refractivity contribution in [3.8, 4) is 0 Å². The van der Waals surface area contributed by atoms with E-state index in [0.29, 0.717) is 10.7 Å². The molecule has 0 saturated carbocycles. The maximum atomic E-state index is 11.5. The maximum absolute atomic E-state index is 11.5. The summed E-state index contributed by atoms with van der Waals surface area (Å²) in [4.78, 5) is 22.0. The third-order valence-electron chi connectivity index (χ3n) is 2.29. The SMILES string of the molecule is Cc1ccc(Cl)cc1NC(=O)CO[C@H](C)C(=O)O. The van der Waals surface area contributed by atoms with Gasteiger partial charge in [-0.1, -0.05) is 17.7 Å². The van der Waals surface area contributed by atoms with E-state index in [1.165, 1.54) is 6.92 Å². The molecule has 1 aromatic rings. The Morgan fingerprint density at radius 2 is 2.17 bits per heavy atom. The second-order valence-electron chi connectivity index (χ2n) is 3.80. The van der Waals surface area contributed by atoms with E-state index in [0.717, 1.165) is 5.56 Å². The zero-order valence-corrected chi connectivity index (χ0v) is 10.8. The summed E-state index contributed by atoms with van der Waals surface area (Å²) in [6.45, 7) is 2.87. The van der Waals surface area contributed by atoms with Gasteiger partial charge in [-0.3, -0.25) is 4.79 Å². The van der Waals surface area contributed by atoms with Crippen LogP contribution in [0.2, 0.25) is 5.02 Å². The molecule has 5 nitrogen and oxygen atoms in total. The molecule has 98 valence electrons. The van der Waals surface area contributed by atoms with Crippen molar-refractivity contribution >= 4 is 29.2 Å². The lowest BCUT2D eigenvalue weighted by Gasteiger charge is -2.10. The van der Waals surface area contributed by atoms with Crippen molar-refractivity contribution < 1.29 is 19.4 Å². The molecule has 0 aromatic heterocycles. The molecule has 0 radical (unpaired) electrons. The predicted octanol–water partition coefficient (Wildman–Crippen LogP) is 2.08. The van der Waals surface area contributed by atoms with E-state index in [-0.39, 0.29) is 6.61 Å². The molecule has 0 bridgehead atoms. The molecule has 18 heavy (non-hydrogen) atoms. The largest absolute Gasteiger partial charge is 0.479 e. The van der Waals surface area contributed by atoms with Crippen molar-refractivity contribution in [2.45, 2.75) is 20.0 Å². The molecule has 0 unspecified atom stereocenters. The zero-order chi connectivity index (χ0) is 13.7. The number of carboxylic acid groups (broad SMARTS) is 1. The highest BCUT2D eigenvalue weighted by Gasteiger charge is 2.13. The number of rotatable bonds is 5. The van der Waals surface area contributed by atoms with Crippen LogP contribution in [-0.4, -0.2) is 29.7 Å². The van der Waals surface area contributed by atoms with Crippen LogP contribution in [0, 0.1) is 6.92 Å². The number of carbonyl (C=O) groups excluding carboxylic acids is 1. The Balaban J connectivity index is 2.54. The minimum Gasteiger partial charge on any atom is -0.479 e. The molecule has 0 fully saturated rings. The van der Waals surface area contributed by atoms with Crippen LogP contribution in [-0.2, 0) is 14.3 Å². The Kier molecular flexibility index (Phi) is 5.12. The molecular formula is C12H14ClNO4. The van der Waals surface area contributed by atoms with Crippen molar-refractivity contribution in [3.63, 3.8) is 0 Å². The molecule has 2 N–H and O–H groups in total. The van der Waals surface area contributed by atoms with E-state index in [2.05, 4.69) is 5.32 Å². The van der Waals surface area contributed by atoms with Crippen LogP contribution in [0.4, 0.5) is 5.69 Å². The second-order valence-corrected chi connectivity index (χ2v) is 4.24. The van der Waals surface area contributed by atoms with Gasteiger partial charge in [0.05, 0.1) is 0 Å². The quantitative estimate of drug-likeness (QED) is 0.860. The fraction of sp³-hybridized carbons (Fsp3) is 0.333. The number of carboxylic acids is 1. The number of aryl methyl sites for hydroxylation is 1. The van der Waals surface area contributed by atoms with Crippen LogP contribution in [0.3, 0.4) is 0 Å². The van der Waals surface area contributed by atoms with Gasteiger partial charge < -0.3 is 15.2 Å². The number of benzene rings is 1. The van der Waals surface area contributed by atoms with Gasteiger partial charge in [-0.2, -0.15) is 0 Å². The van der Waals surface area contributed by atoms with Gasteiger partial charge >= 0.3 is 5.97 Å². The van der Waals surface area contributed by atoms with E-state index in [1.54, 1.807) is 18.2 Å². The van der Waals surface area contributed by atoms with Crippen molar-refractivity contribution in [1.29, 1.82) is 0 Å². The lowest BCUT2D eigenvalue weighted by atomic mass is 10.2. The van der Waals surface area contributed by atoms with E-state index in [1.807, 2.05) is 6.92 Å². The average molecular weight is 272 g/mol. The van der Waals surface area contributed by atoms with Gasteiger partial charge in [-0.15, -0.1) is 0 Å². The van der Waals surface area contributed by atoms with Crippen LogP contribution >= 0.6 is 11.6 Å². The van der Waals surface area contributed by atoms with Crippen LogP contribution in [0.25, 0.3) is 0 Å². The number of anilines is 1. The zero-order valence-electron chi connectivity index (χ0n) is 10.1. The third kappa shape index (κ3) is 4.35. The normalized spacial score (nSPS) is 11.9. The van der Waals surface area contributed by atoms with E-state index < -0.39 is 18.0 Å². The molecule has 6 heteroatoms. The van der Waals surface area contributed by atoms with Gasteiger partial charge in [0.2, 0.25) is 5.91 Å². The van der Waals surface area contributed by atoms with Gasteiger partial charge in [0.1, 0.15) is 6.61 Å². The Bertz CT molecular complexity index is 461. The molecule has 1 rings (SSSR count). The van der Waals surface area contributed by atoms with Crippen molar-refractivity contribution in [2.24, 2.45) is 0 Å². The molecule has 0 saturated heterocycles. The lowest BCUT2D eigenvalue weighted by molar-refractivity contribution is -0.150. The highest BCUT2D eigenvalue weighted by atomic mass is 35.5. The highest BCUT2D eigenvalue weighted by Crippen LogP contribution is 2.19. The summed E-state index contributed by atoms with van der Waals surface area (Å²) in [5.74, 6) is -1.53. The van der Waals surface area contributed by atoms with Crippen LogP contribution < -0.4 is 5.32 Å². The number of nitrogens with one attached hydrogen (secondary N) is 1. The van der Waals surface area contributed by atoms with Crippen molar-refractivity contribution in [1.82, 2.24) is 0 Å². The minimum atomic E-state index is -1.11. The number of hydrogen-bond acceptors (Lipinski definition) is 3. The molecular weight excluding hydrogens is 258 g/mol. The summed E-state index contributed by atoms with van der Waals surface area (Å²) in [7, 11) is 0. The first-order chi connectivity index (χ1) is 8.40. The van der Waals surface area contributed by atoms with Gasteiger partial charge in [0.25, 0.3) is 0 Å². The summed E-state index contributed by atoms with van der Waals surface area (Å²) in [6.07, 6.45) is -1.02. The number of carbonyl (C=O) groups is 2. The molecule has 0 spiro atoms. The fourth-order valence-corrected chi connectivity index (χ4v) is 1.36. The number of halogens is 1. The first-order valence-electron chi connectivity index (χ1n) is 5.30. The molecule has 0 aliphatic heterocycles. The summed E-state index contributed by atoms with van der Waals surface area (Å²) >= 11 is 5.81. The molecule has 0 aliphatic rings. The summed E-state index contributed by atoms with van der Waals surface area (Å²) in [5, 5.41) is 11.7. The lowest BCUT2D eigenvalue weighted by Crippen LogP contribution is -2.26. The monoisotopic (exact) mass is 271 g/mol. The van der Waals surface area contributed by atoms with E-state index in [9.17, 15) is 9.59 Å². The second kappa shape index (κ2) is 6.37. The minimum absolute atomic E-state index is 0.320. The van der Waals surface area contributed by atoms with Gasteiger partial charge in [-0.25, -0.2) is 4.79 Å². The Labute approximate surface area is 110 Å². The van der Waals surface area contributed by atoms with E-state index >= 15 is 0 Å². The third-order valence-corrected chi connectivity index (χ3v) is 2.52. The number of aliphatic carboxylic acids is 1. The number of amides is 1. The van der Waals surface area contributed by atoms with Gasteiger partial charge in [0.15, 0.2) is 6.10 Å². The first-order valence-corrected chi connectivity index (χ1v) is 5.68. The van der Waals surface area contributed by atoms with Crippen molar-refractivity contribution in [3.05, 3.63) is 28.8 Å². The topological polar surface area (TPSA) is 75.6 Å². The summed E-state index contributed by atoms with van der Waals surface area (Å²) in [6, 6.07) is 5.11. The number of ether oxygens (including phenoxy) is 1. The Morgan fingerprint density at radius 3 is 2.78 bits per heavy atom. The van der Waals surface area contributed by atoms with E-state index in [4.69, 9.17) is 21.4 Å². The van der Waals surface area contributed by atoms with Gasteiger partial charge in [-0.05, 0) is 31.5 Å². The van der Waals surface area contributed by atoms with Crippen LogP contribution in [0.5, 0.6) is 0 Å². The number of hydrogen-bond donors (Lipinski definition) is 2. The smallest absolute Gasteiger partial charge is 0.332 e. The predicted molar refractivity (Wildman–Crippen MR) is 67.9 cm³/mol.